The Labute approximate surface area is 185 Å². The van der Waals surface area contributed by atoms with Gasteiger partial charge in [-0.3, -0.25) is 4.79 Å². The minimum absolute atomic E-state index is 0.116. The number of aliphatic hydroxyl groups is 1. The van der Waals surface area contributed by atoms with E-state index in [2.05, 4.69) is 10.3 Å². The van der Waals surface area contributed by atoms with E-state index in [0.29, 0.717) is 11.1 Å². The summed E-state index contributed by atoms with van der Waals surface area (Å²) in [5, 5.41) is 23.4. The lowest BCUT2D eigenvalue weighted by molar-refractivity contribution is -0.143. The van der Waals surface area contributed by atoms with Crippen molar-refractivity contribution in [1.82, 2.24) is 10.3 Å². The zero-order valence-corrected chi connectivity index (χ0v) is 18.7. The molecule has 8 nitrogen and oxygen atoms in total. The fourth-order valence-corrected chi connectivity index (χ4v) is 3.29. The molecule has 1 aromatic carbocycles. The number of carboxylic acid groups (broad SMARTS) is 1. The van der Waals surface area contributed by atoms with Gasteiger partial charge in [0, 0.05) is 11.1 Å². The molecule has 1 aromatic heterocycles. The zero-order valence-electron chi connectivity index (χ0n) is 18.7. The van der Waals surface area contributed by atoms with Gasteiger partial charge in [0.2, 0.25) is 0 Å². The first-order valence-corrected chi connectivity index (χ1v) is 10.1. The first-order valence-electron chi connectivity index (χ1n) is 10.1. The fourth-order valence-electron chi connectivity index (χ4n) is 3.29. The number of fused-ring (bicyclic) bond motifs is 1. The second-order valence-electron chi connectivity index (χ2n) is 9.29. The van der Waals surface area contributed by atoms with Gasteiger partial charge in [0.25, 0.3) is 0 Å². The zero-order chi connectivity index (χ0) is 23.9. The molecular formula is C23H27FN2O6. The van der Waals surface area contributed by atoms with Gasteiger partial charge in [0.05, 0.1) is 12.2 Å². The maximum atomic E-state index is 13.4. The highest BCUT2D eigenvalue weighted by molar-refractivity contribution is 5.86. The molecular weight excluding hydrogens is 419 g/mol. The maximum Gasteiger partial charge on any atom is 0.407 e. The normalized spacial score (nSPS) is 19.5. The monoisotopic (exact) mass is 446 g/mol. The van der Waals surface area contributed by atoms with Crippen LogP contribution in [0, 0.1) is 5.82 Å². The number of carbonyl (C=O) groups is 2. The number of rotatable bonds is 5. The Hall–Kier alpha value is -3.20. The molecule has 0 aliphatic carbocycles. The van der Waals surface area contributed by atoms with Crippen molar-refractivity contribution in [2.75, 3.05) is 13.2 Å². The minimum atomic E-state index is -1.66. The van der Waals surface area contributed by atoms with E-state index in [1.54, 1.807) is 20.8 Å². The van der Waals surface area contributed by atoms with Crippen LogP contribution < -0.4 is 10.1 Å². The Balaban J connectivity index is 2.04. The number of aromatic nitrogens is 1. The van der Waals surface area contributed by atoms with Crippen LogP contribution in [0.5, 0.6) is 5.75 Å². The van der Waals surface area contributed by atoms with Crippen molar-refractivity contribution >= 4 is 12.1 Å². The number of nitrogens with zero attached hydrogens (tertiary/aromatic N) is 1. The van der Waals surface area contributed by atoms with Crippen LogP contribution in [0.4, 0.5) is 9.18 Å². The summed E-state index contributed by atoms with van der Waals surface area (Å²) in [5.74, 6) is -1.27. The first kappa shape index (κ1) is 23.5. The average Bonchev–Trinajstić information content (AvgIpc) is 3.04. The summed E-state index contributed by atoms with van der Waals surface area (Å²) < 4.78 is 24.3. The van der Waals surface area contributed by atoms with Crippen LogP contribution in [0.1, 0.15) is 45.9 Å². The van der Waals surface area contributed by atoms with Crippen LogP contribution in [-0.2, 0) is 20.5 Å². The molecule has 1 aliphatic heterocycles. The van der Waals surface area contributed by atoms with Crippen molar-refractivity contribution in [2.24, 2.45) is 0 Å². The number of aliphatic carboxylic acids is 1. The number of pyridine rings is 1. The molecule has 1 unspecified atom stereocenters. The summed E-state index contributed by atoms with van der Waals surface area (Å²) in [5.41, 5.74) is -2.50. The van der Waals surface area contributed by atoms with Gasteiger partial charge >= 0.3 is 12.1 Å². The van der Waals surface area contributed by atoms with Gasteiger partial charge in [-0.15, -0.1) is 0 Å². The quantitative estimate of drug-likeness (QED) is 0.645. The summed E-state index contributed by atoms with van der Waals surface area (Å²) in [7, 11) is 0. The number of hydrogen-bond donors (Lipinski definition) is 3. The molecule has 3 rings (SSSR count). The molecule has 0 bridgehead atoms. The minimum Gasteiger partial charge on any atom is -0.489 e. The molecule has 9 heteroatoms. The number of ether oxygens (including phenoxy) is 2. The Morgan fingerprint density at radius 3 is 2.44 bits per heavy atom. The molecule has 2 atom stereocenters. The molecule has 1 amide bonds. The number of halogens is 1. The van der Waals surface area contributed by atoms with Crippen molar-refractivity contribution in [3.05, 3.63) is 47.4 Å². The molecule has 32 heavy (non-hydrogen) atoms. The van der Waals surface area contributed by atoms with Crippen molar-refractivity contribution in [3.8, 4) is 17.0 Å². The summed E-state index contributed by atoms with van der Waals surface area (Å²) in [6.45, 7) is 7.77. The predicted molar refractivity (Wildman–Crippen MR) is 114 cm³/mol. The Kier molecular flexibility index (Phi) is 5.90. The third-order valence-corrected chi connectivity index (χ3v) is 5.19. The molecule has 2 heterocycles. The van der Waals surface area contributed by atoms with Crippen molar-refractivity contribution in [3.63, 3.8) is 0 Å². The molecule has 2 aromatic rings. The molecule has 172 valence electrons. The van der Waals surface area contributed by atoms with Crippen LogP contribution in [0.25, 0.3) is 11.3 Å². The van der Waals surface area contributed by atoms with Gasteiger partial charge in [-0.25, -0.2) is 14.2 Å². The van der Waals surface area contributed by atoms with E-state index in [4.69, 9.17) is 9.47 Å². The summed E-state index contributed by atoms with van der Waals surface area (Å²) in [6, 6.07) is 6.97. The molecule has 3 N–H and O–H groups in total. The lowest BCUT2D eigenvalue weighted by Gasteiger charge is -2.27. The Bertz CT molecular complexity index is 1050. The Morgan fingerprint density at radius 1 is 1.25 bits per heavy atom. The Morgan fingerprint density at radius 2 is 1.88 bits per heavy atom. The van der Waals surface area contributed by atoms with E-state index in [9.17, 15) is 24.2 Å². The summed E-state index contributed by atoms with van der Waals surface area (Å²) >= 11 is 0. The summed E-state index contributed by atoms with van der Waals surface area (Å²) in [6.07, 6.45) is -0.712. The van der Waals surface area contributed by atoms with Crippen LogP contribution >= 0.6 is 0 Å². The second-order valence-corrected chi connectivity index (χ2v) is 9.29. The molecule has 0 saturated carbocycles. The highest BCUT2D eigenvalue weighted by atomic mass is 19.1. The van der Waals surface area contributed by atoms with Gasteiger partial charge in [0.1, 0.15) is 40.5 Å². The van der Waals surface area contributed by atoms with E-state index >= 15 is 0 Å². The van der Waals surface area contributed by atoms with Gasteiger partial charge in [-0.2, -0.15) is 0 Å². The molecule has 0 saturated heterocycles. The van der Waals surface area contributed by atoms with Gasteiger partial charge in [-0.1, -0.05) is 0 Å². The number of alkyl carbamates (subject to hydrolysis) is 1. The molecule has 1 aliphatic rings. The number of carbonyl (C=O) groups excluding carboxylic acids is 1. The number of nitrogens with one attached hydrogen (secondary N) is 1. The SMILES string of the molecule is CC(C)(C)OC(=O)NCC(C)(O)c1cc2c(c(-c3ccc(F)cc3)n1)OC[C@]2(C)C(=O)O. The van der Waals surface area contributed by atoms with E-state index in [0.717, 1.165) is 0 Å². The van der Waals surface area contributed by atoms with Crippen LogP contribution in [0.3, 0.4) is 0 Å². The van der Waals surface area contributed by atoms with Crippen molar-refractivity contribution in [2.45, 2.75) is 51.2 Å². The molecule has 0 radical (unpaired) electrons. The lowest BCUT2D eigenvalue weighted by atomic mass is 9.83. The molecule has 0 spiro atoms. The third-order valence-electron chi connectivity index (χ3n) is 5.19. The highest BCUT2D eigenvalue weighted by Crippen LogP contribution is 2.45. The predicted octanol–water partition coefficient (Wildman–Crippen LogP) is 3.35. The topological polar surface area (TPSA) is 118 Å². The second kappa shape index (κ2) is 8.05. The third kappa shape index (κ3) is 4.67. The van der Waals surface area contributed by atoms with E-state index in [-0.39, 0.29) is 30.3 Å². The van der Waals surface area contributed by atoms with Crippen molar-refractivity contribution in [1.29, 1.82) is 0 Å². The van der Waals surface area contributed by atoms with Crippen molar-refractivity contribution < 1.29 is 33.7 Å². The van der Waals surface area contributed by atoms with Crippen LogP contribution in [0.2, 0.25) is 0 Å². The molecule has 0 fully saturated rings. The van der Waals surface area contributed by atoms with Crippen LogP contribution in [-0.4, -0.2) is 46.0 Å². The van der Waals surface area contributed by atoms with Gasteiger partial charge < -0.3 is 25.0 Å². The van der Waals surface area contributed by atoms with Gasteiger partial charge in [0.15, 0.2) is 0 Å². The van der Waals surface area contributed by atoms with E-state index in [1.165, 1.54) is 44.2 Å². The number of benzene rings is 1. The van der Waals surface area contributed by atoms with Gasteiger partial charge in [-0.05, 0) is 65.0 Å². The lowest BCUT2D eigenvalue weighted by Crippen LogP contribution is -2.42. The largest absolute Gasteiger partial charge is 0.489 e. The fraction of sp³-hybridized carbons (Fsp3) is 0.435. The number of hydrogen-bond acceptors (Lipinski definition) is 6. The maximum absolute atomic E-state index is 13.4. The highest BCUT2D eigenvalue weighted by Gasteiger charge is 2.46. The number of amides is 1. The van der Waals surface area contributed by atoms with Crippen LogP contribution in [0.15, 0.2) is 30.3 Å². The average molecular weight is 446 g/mol. The first-order chi connectivity index (χ1) is 14.7. The summed E-state index contributed by atoms with van der Waals surface area (Å²) in [4.78, 5) is 28.6. The smallest absolute Gasteiger partial charge is 0.407 e. The number of carboxylic acids is 1. The van der Waals surface area contributed by atoms with E-state index < -0.39 is 34.5 Å². The van der Waals surface area contributed by atoms with E-state index in [1.807, 2.05) is 0 Å². The standard InChI is InChI=1S/C23H27FN2O6/c1-21(2,3)32-20(29)25-11-23(5,30)16-10-15-18(31-12-22(15,4)19(27)28)17(26-16)13-6-8-14(24)9-7-13/h6-10,30H,11-12H2,1-5H3,(H,25,29)(H,27,28)/t22-,23?/m0/s1.